The molecule has 0 aliphatic carbocycles. The summed E-state index contributed by atoms with van der Waals surface area (Å²) in [6, 6.07) is 22.6. The summed E-state index contributed by atoms with van der Waals surface area (Å²) in [7, 11) is 0. The Morgan fingerprint density at radius 1 is 0.929 bits per heavy atom. The van der Waals surface area contributed by atoms with E-state index in [9.17, 15) is 0 Å². The summed E-state index contributed by atoms with van der Waals surface area (Å²) >= 11 is 9.45. The number of benzene rings is 2. The number of hydrogen-bond acceptors (Lipinski definition) is 5. The molecule has 0 saturated heterocycles. The molecule has 0 unspecified atom stereocenters. The second-order valence-corrected chi connectivity index (χ2v) is 8.74. The monoisotopic (exact) mass is 421 g/mol. The Kier molecular flexibility index (Phi) is 4.72. The molecule has 0 radical (unpaired) electrons. The molecule has 0 amide bonds. The molecule has 1 atom stereocenters. The van der Waals surface area contributed by atoms with E-state index in [-0.39, 0.29) is 6.04 Å². The van der Waals surface area contributed by atoms with Gasteiger partial charge in [0.1, 0.15) is 0 Å². The van der Waals surface area contributed by atoms with Gasteiger partial charge in [-0.2, -0.15) is 5.10 Å². The van der Waals surface area contributed by atoms with Gasteiger partial charge in [-0.1, -0.05) is 60.1 Å². The van der Waals surface area contributed by atoms with E-state index in [0.717, 1.165) is 33.5 Å². The van der Waals surface area contributed by atoms with Crippen LogP contribution in [0.2, 0.25) is 5.02 Å². The number of rotatable bonds is 4. The van der Waals surface area contributed by atoms with Gasteiger partial charge in [-0.25, -0.2) is 9.99 Å². The highest BCUT2D eigenvalue weighted by Crippen LogP contribution is 2.40. The van der Waals surface area contributed by atoms with Crippen molar-refractivity contribution in [2.45, 2.75) is 12.5 Å². The van der Waals surface area contributed by atoms with E-state index in [1.807, 2.05) is 30.3 Å². The fraction of sp³-hybridized carbons (Fsp3) is 0.0909. The van der Waals surface area contributed by atoms with Crippen molar-refractivity contribution in [3.8, 4) is 11.3 Å². The first-order valence-electron chi connectivity index (χ1n) is 8.95. The molecule has 3 heterocycles. The SMILES string of the molecule is Clc1ccc([C@@H]2CC(c3cccs3)=NN2c2nc(-c3ccccc3)cs2)cc1. The zero-order chi connectivity index (χ0) is 18.9. The maximum atomic E-state index is 6.10. The third-order valence-electron chi connectivity index (χ3n) is 4.73. The second kappa shape index (κ2) is 7.51. The number of halogens is 1. The number of aromatic nitrogens is 1. The number of hydrogen-bond donors (Lipinski definition) is 0. The molecule has 0 saturated carbocycles. The van der Waals surface area contributed by atoms with Crippen LogP contribution in [0.1, 0.15) is 22.9 Å². The zero-order valence-electron chi connectivity index (χ0n) is 14.8. The van der Waals surface area contributed by atoms with Crippen molar-refractivity contribution in [3.63, 3.8) is 0 Å². The summed E-state index contributed by atoms with van der Waals surface area (Å²) in [6.07, 6.45) is 0.850. The summed E-state index contributed by atoms with van der Waals surface area (Å²) in [5, 5.41) is 12.9. The van der Waals surface area contributed by atoms with Crippen molar-refractivity contribution in [1.82, 2.24) is 4.98 Å². The highest BCUT2D eigenvalue weighted by Gasteiger charge is 2.32. The van der Waals surface area contributed by atoms with E-state index >= 15 is 0 Å². The van der Waals surface area contributed by atoms with Crippen molar-refractivity contribution in [2.75, 3.05) is 5.01 Å². The molecular formula is C22H16ClN3S2. The molecule has 28 heavy (non-hydrogen) atoms. The smallest absolute Gasteiger partial charge is 0.207 e. The summed E-state index contributed by atoms with van der Waals surface area (Å²) in [6.45, 7) is 0. The van der Waals surface area contributed by atoms with Crippen LogP contribution < -0.4 is 5.01 Å². The molecule has 2 aromatic heterocycles. The van der Waals surface area contributed by atoms with Gasteiger partial charge in [0.2, 0.25) is 5.13 Å². The van der Waals surface area contributed by atoms with Crippen molar-refractivity contribution < 1.29 is 0 Å². The van der Waals surface area contributed by atoms with Crippen LogP contribution >= 0.6 is 34.3 Å². The molecule has 138 valence electrons. The molecule has 1 aliphatic rings. The van der Waals surface area contributed by atoms with Crippen LogP contribution in [0.5, 0.6) is 0 Å². The lowest BCUT2D eigenvalue weighted by molar-refractivity contribution is 0.706. The minimum absolute atomic E-state index is 0.115. The van der Waals surface area contributed by atoms with Crippen molar-refractivity contribution in [2.24, 2.45) is 5.10 Å². The molecule has 3 nitrogen and oxygen atoms in total. The molecule has 4 aromatic rings. The van der Waals surface area contributed by atoms with E-state index < -0.39 is 0 Å². The van der Waals surface area contributed by atoms with Gasteiger partial charge in [0.15, 0.2) is 0 Å². The minimum atomic E-state index is 0.115. The van der Waals surface area contributed by atoms with E-state index in [1.165, 1.54) is 10.4 Å². The Bertz CT molecular complexity index is 1100. The Labute approximate surface area is 176 Å². The summed E-state index contributed by atoms with van der Waals surface area (Å²) in [5.74, 6) is 0. The minimum Gasteiger partial charge on any atom is -0.231 e. The summed E-state index contributed by atoms with van der Waals surface area (Å²) in [4.78, 5) is 6.10. The van der Waals surface area contributed by atoms with Gasteiger partial charge < -0.3 is 0 Å². The van der Waals surface area contributed by atoms with Gasteiger partial charge in [-0.15, -0.1) is 22.7 Å². The van der Waals surface area contributed by atoms with Gasteiger partial charge in [-0.05, 0) is 29.1 Å². The number of thiazole rings is 1. The number of hydrazone groups is 1. The van der Waals surface area contributed by atoms with E-state index in [2.05, 4.69) is 52.2 Å². The topological polar surface area (TPSA) is 28.5 Å². The van der Waals surface area contributed by atoms with E-state index in [0.29, 0.717) is 0 Å². The molecule has 0 fully saturated rings. The average Bonchev–Trinajstić information content (AvgIpc) is 3.48. The van der Waals surface area contributed by atoms with Crippen LogP contribution in [0, 0.1) is 0 Å². The molecule has 2 aromatic carbocycles. The molecule has 0 bridgehead atoms. The Morgan fingerprint density at radius 2 is 1.75 bits per heavy atom. The maximum absolute atomic E-state index is 6.10. The predicted octanol–water partition coefficient (Wildman–Crippen LogP) is 6.88. The van der Waals surface area contributed by atoms with Crippen LogP contribution in [0.25, 0.3) is 11.3 Å². The number of thiophene rings is 1. The van der Waals surface area contributed by atoms with E-state index in [4.69, 9.17) is 21.7 Å². The highest BCUT2D eigenvalue weighted by molar-refractivity contribution is 7.14. The lowest BCUT2D eigenvalue weighted by Crippen LogP contribution is -2.18. The Morgan fingerprint density at radius 3 is 2.50 bits per heavy atom. The fourth-order valence-corrected chi connectivity index (χ4v) is 5.01. The van der Waals surface area contributed by atoms with Crippen molar-refractivity contribution >= 4 is 45.1 Å². The summed E-state index contributed by atoms with van der Waals surface area (Å²) in [5.41, 5.74) is 4.40. The standard InChI is InChI=1S/C22H16ClN3S2/c23-17-10-8-16(9-11-17)20-13-18(21-7-4-12-27-21)25-26(20)22-24-19(14-28-22)15-5-2-1-3-6-15/h1-12,14,20H,13H2/t20-/m0/s1. The van der Waals surface area contributed by atoms with Crippen LogP contribution in [-0.2, 0) is 0 Å². The molecule has 1 aliphatic heterocycles. The lowest BCUT2D eigenvalue weighted by atomic mass is 10.0. The van der Waals surface area contributed by atoms with Crippen LogP contribution in [0.4, 0.5) is 5.13 Å². The van der Waals surface area contributed by atoms with Crippen molar-refractivity contribution in [3.05, 3.63) is 93.0 Å². The first kappa shape index (κ1) is 17.6. The second-order valence-electron chi connectivity index (χ2n) is 6.52. The lowest BCUT2D eigenvalue weighted by Gasteiger charge is -2.21. The van der Waals surface area contributed by atoms with Gasteiger partial charge in [0, 0.05) is 22.4 Å². The van der Waals surface area contributed by atoms with Crippen LogP contribution in [0.15, 0.2) is 82.6 Å². The zero-order valence-corrected chi connectivity index (χ0v) is 17.2. The third-order valence-corrected chi connectivity index (χ3v) is 6.73. The van der Waals surface area contributed by atoms with Crippen LogP contribution in [-0.4, -0.2) is 10.7 Å². The molecule has 0 N–H and O–H groups in total. The van der Waals surface area contributed by atoms with Gasteiger partial charge in [0.25, 0.3) is 0 Å². The van der Waals surface area contributed by atoms with Crippen LogP contribution in [0.3, 0.4) is 0 Å². The number of nitrogens with zero attached hydrogens (tertiary/aromatic N) is 3. The normalized spacial score (nSPS) is 16.4. The number of anilines is 1. The third kappa shape index (κ3) is 3.37. The molecule has 5 rings (SSSR count). The Hall–Kier alpha value is -2.47. The molecular weight excluding hydrogens is 406 g/mol. The van der Waals surface area contributed by atoms with Gasteiger partial charge in [0.05, 0.1) is 22.3 Å². The van der Waals surface area contributed by atoms with Gasteiger partial charge >= 0.3 is 0 Å². The molecule has 6 heteroatoms. The van der Waals surface area contributed by atoms with E-state index in [1.54, 1.807) is 22.7 Å². The quantitative estimate of drug-likeness (QED) is 0.359. The van der Waals surface area contributed by atoms with Gasteiger partial charge in [-0.3, -0.25) is 0 Å². The summed E-state index contributed by atoms with van der Waals surface area (Å²) < 4.78 is 0. The largest absolute Gasteiger partial charge is 0.231 e. The Balaban J connectivity index is 1.53. The first-order valence-corrected chi connectivity index (χ1v) is 11.1. The fourth-order valence-electron chi connectivity index (χ4n) is 3.33. The van der Waals surface area contributed by atoms with Crippen molar-refractivity contribution in [1.29, 1.82) is 0 Å². The maximum Gasteiger partial charge on any atom is 0.207 e. The first-order chi connectivity index (χ1) is 13.8. The predicted molar refractivity (Wildman–Crippen MR) is 120 cm³/mol. The average molecular weight is 422 g/mol. The molecule has 0 spiro atoms. The highest BCUT2D eigenvalue weighted by atomic mass is 35.5.